The number of hydrogen-bond acceptors (Lipinski definition) is 5. The van der Waals surface area contributed by atoms with E-state index < -0.39 is 10.0 Å². The largest absolute Gasteiger partial charge is 0.345 e. The van der Waals surface area contributed by atoms with Crippen LogP contribution in [0, 0.1) is 13.8 Å². The molecule has 1 aliphatic rings. The number of nitrogens with zero attached hydrogens (tertiary/aromatic N) is 3. The molecule has 0 saturated carbocycles. The number of sulfonamides is 1. The SMILES string of the molecule is Cc1cccc(Cc2csc(N3CCN(S(=O)(=O)c4ccc(Br)cc4)CC3)n2)c1C. The molecule has 2 heterocycles. The molecule has 2 aromatic carbocycles. The molecule has 0 bridgehead atoms. The van der Waals surface area contributed by atoms with Crippen molar-refractivity contribution in [2.45, 2.75) is 25.2 Å². The molecule has 1 aliphatic heterocycles. The van der Waals surface area contributed by atoms with Crippen LogP contribution in [-0.2, 0) is 16.4 Å². The van der Waals surface area contributed by atoms with Crippen molar-refractivity contribution >= 4 is 42.4 Å². The van der Waals surface area contributed by atoms with Crippen molar-refractivity contribution in [1.82, 2.24) is 9.29 Å². The fourth-order valence-electron chi connectivity index (χ4n) is 3.60. The lowest BCUT2D eigenvalue weighted by Gasteiger charge is -2.33. The molecule has 1 fully saturated rings. The standard InChI is InChI=1S/C22H24BrN3O2S2/c1-16-4-3-5-18(17(16)2)14-20-15-29-22(24-20)25-10-12-26(13-11-25)30(27,28)21-8-6-19(23)7-9-21/h3-9,15H,10-14H2,1-2H3. The number of rotatable bonds is 5. The first-order valence-corrected chi connectivity index (χ1v) is 13.0. The van der Waals surface area contributed by atoms with Gasteiger partial charge < -0.3 is 4.90 Å². The third kappa shape index (κ3) is 4.46. The second kappa shape index (κ2) is 8.78. The summed E-state index contributed by atoms with van der Waals surface area (Å²) in [6.07, 6.45) is 0.821. The van der Waals surface area contributed by atoms with Gasteiger partial charge in [0.05, 0.1) is 10.6 Å². The average molecular weight is 506 g/mol. The van der Waals surface area contributed by atoms with Gasteiger partial charge in [-0.2, -0.15) is 4.31 Å². The number of hydrogen-bond donors (Lipinski definition) is 0. The Hall–Kier alpha value is -1.74. The van der Waals surface area contributed by atoms with E-state index in [0.717, 1.165) is 21.7 Å². The summed E-state index contributed by atoms with van der Waals surface area (Å²) in [5, 5.41) is 3.08. The first-order chi connectivity index (χ1) is 14.3. The highest BCUT2D eigenvalue weighted by Gasteiger charge is 2.29. The lowest BCUT2D eigenvalue weighted by atomic mass is 10.0. The highest BCUT2D eigenvalue weighted by Crippen LogP contribution is 2.26. The van der Waals surface area contributed by atoms with E-state index in [1.807, 2.05) is 0 Å². The van der Waals surface area contributed by atoms with E-state index in [1.54, 1.807) is 39.9 Å². The maximum absolute atomic E-state index is 12.9. The number of thiazole rings is 1. The van der Waals surface area contributed by atoms with Gasteiger partial charge in [0.2, 0.25) is 10.0 Å². The van der Waals surface area contributed by atoms with Crippen LogP contribution in [-0.4, -0.2) is 43.9 Å². The molecule has 1 aromatic heterocycles. The smallest absolute Gasteiger partial charge is 0.243 e. The third-order valence-electron chi connectivity index (χ3n) is 5.59. The lowest BCUT2D eigenvalue weighted by molar-refractivity contribution is 0.384. The molecule has 0 atom stereocenters. The molecule has 158 valence electrons. The summed E-state index contributed by atoms with van der Waals surface area (Å²) < 4.78 is 28.2. The predicted molar refractivity (Wildman–Crippen MR) is 126 cm³/mol. The molecule has 0 aliphatic carbocycles. The first kappa shape index (κ1) is 21.5. The van der Waals surface area contributed by atoms with Gasteiger partial charge in [-0.05, 0) is 54.8 Å². The zero-order chi connectivity index (χ0) is 21.3. The van der Waals surface area contributed by atoms with Crippen molar-refractivity contribution in [3.05, 3.63) is 74.7 Å². The fourth-order valence-corrected chi connectivity index (χ4v) is 6.16. The molecule has 0 N–H and O–H groups in total. The number of benzene rings is 2. The van der Waals surface area contributed by atoms with E-state index in [2.05, 4.69) is 58.3 Å². The number of piperazine rings is 1. The van der Waals surface area contributed by atoms with Crippen LogP contribution in [0.1, 0.15) is 22.4 Å². The van der Waals surface area contributed by atoms with Gasteiger partial charge in [-0.15, -0.1) is 11.3 Å². The quantitative estimate of drug-likeness (QED) is 0.507. The minimum atomic E-state index is -3.46. The van der Waals surface area contributed by atoms with Gasteiger partial charge in [-0.1, -0.05) is 34.1 Å². The second-order valence-electron chi connectivity index (χ2n) is 7.50. The molecule has 8 heteroatoms. The van der Waals surface area contributed by atoms with Crippen LogP contribution in [0.5, 0.6) is 0 Å². The summed E-state index contributed by atoms with van der Waals surface area (Å²) in [6, 6.07) is 13.2. The van der Waals surface area contributed by atoms with Crippen LogP contribution >= 0.6 is 27.3 Å². The molecule has 0 radical (unpaired) electrons. The first-order valence-electron chi connectivity index (χ1n) is 9.85. The van der Waals surface area contributed by atoms with E-state index in [4.69, 9.17) is 4.98 Å². The zero-order valence-corrected chi connectivity index (χ0v) is 20.2. The van der Waals surface area contributed by atoms with Crippen LogP contribution in [0.4, 0.5) is 5.13 Å². The number of anilines is 1. The second-order valence-corrected chi connectivity index (χ2v) is 11.2. The highest BCUT2D eigenvalue weighted by molar-refractivity contribution is 9.10. The molecule has 4 rings (SSSR count). The molecular weight excluding hydrogens is 482 g/mol. The van der Waals surface area contributed by atoms with Gasteiger partial charge in [0.25, 0.3) is 0 Å². The van der Waals surface area contributed by atoms with Gasteiger partial charge in [0.1, 0.15) is 0 Å². The minimum absolute atomic E-state index is 0.337. The number of halogens is 1. The normalized spacial score (nSPS) is 15.5. The predicted octanol–water partition coefficient (Wildman–Crippen LogP) is 4.62. The van der Waals surface area contributed by atoms with Gasteiger partial charge in [0.15, 0.2) is 5.13 Å². The Kier molecular flexibility index (Phi) is 6.29. The maximum Gasteiger partial charge on any atom is 0.243 e. The monoisotopic (exact) mass is 505 g/mol. The highest BCUT2D eigenvalue weighted by atomic mass is 79.9. The molecule has 30 heavy (non-hydrogen) atoms. The minimum Gasteiger partial charge on any atom is -0.345 e. The zero-order valence-electron chi connectivity index (χ0n) is 17.0. The van der Waals surface area contributed by atoms with Crippen LogP contribution in [0.15, 0.2) is 57.2 Å². The molecule has 5 nitrogen and oxygen atoms in total. The van der Waals surface area contributed by atoms with E-state index >= 15 is 0 Å². The van der Waals surface area contributed by atoms with Gasteiger partial charge in [-0.3, -0.25) is 0 Å². The van der Waals surface area contributed by atoms with Crippen molar-refractivity contribution in [2.75, 3.05) is 31.1 Å². The Bertz CT molecular complexity index is 1140. The molecule has 0 spiro atoms. The molecular formula is C22H24BrN3O2S2. The average Bonchev–Trinajstić information content (AvgIpc) is 3.20. The summed E-state index contributed by atoms with van der Waals surface area (Å²) in [5.41, 5.74) is 4.98. The molecule has 3 aromatic rings. The Morgan fingerprint density at radius 3 is 2.43 bits per heavy atom. The number of aryl methyl sites for hydroxylation is 1. The van der Waals surface area contributed by atoms with Crippen molar-refractivity contribution in [2.24, 2.45) is 0 Å². The summed E-state index contributed by atoms with van der Waals surface area (Å²) in [5.74, 6) is 0. The van der Waals surface area contributed by atoms with Crippen LogP contribution < -0.4 is 4.90 Å². The van der Waals surface area contributed by atoms with E-state index in [0.29, 0.717) is 31.1 Å². The fraction of sp³-hybridized carbons (Fsp3) is 0.318. The van der Waals surface area contributed by atoms with Crippen molar-refractivity contribution < 1.29 is 8.42 Å². The Morgan fingerprint density at radius 1 is 1.03 bits per heavy atom. The van der Waals surface area contributed by atoms with Crippen molar-refractivity contribution in [1.29, 1.82) is 0 Å². The Morgan fingerprint density at radius 2 is 1.73 bits per heavy atom. The van der Waals surface area contributed by atoms with E-state index in [9.17, 15) is 8.42 Å². The van der Waals surface area contributed by atoms with Gasteiger partial charge in [-0.25, -0.2) is 13.4 Å². The summed E-state index contributed by atoms with van der Waals surface area (Å²) in [7, 11) is -3.46. The van der Waals surface area contributed by atoms with Crippen LogP contribution in [0.25, 0.3) is 0 Å². The summed E-state index contributed by atoms with van der Waals surface area (Å²) in [6.45, 7) is 6.50. The summed E-state index contributed by atoms with van der Waals surface area (Å²) >= 11 is 4.98. The van der Waals surface area contributed by atoms with Gasteiger partial charge >= 0.3 is 0 Å². The van der Waals surface area contributed by atoms with E-state index in [1.165, 1.54) is 16.7 Å². The van der Waals surface area contributed by atoms with Gasteiger partial charge in [0, 0.05) is 42.5 Å². The Balaban J connectivity index is 1.41. The lowest BCUT2D eigenvalue weighted by Crippen LogP contribution is -2.48. The maximum atomic E-state index is 12.9. The van der Waals surface area contributed by atoms with E-state index in [-0.39, 0.29) is 0 Å². The topological polar surface area (TPSA) is 53.5 Å². The Labute approximate surface area is 190 Å². The molecule has 0 unspecified atom stereocenters. The molecule has 1 saturated heterocycles. The van der Waals surface area contributed by atoms with Crippen molar-refractivity contribution in [3.63, 3.8) is 0 Å². The number of aromatic nitrogens is 1. The van der Waals surface area contributed by atoms with Crippen molar-refractivity contribution in [3.8, 4) is 0 Å². The third-order valence-corrected chi connectivity index (χ3v) is 8.98. The van der Waals surface area contributed by atoms with Crippen LogP contribution in [0.3, 0.4) is 0 Å². The summed E-state index contributed by atoms with van der Waals surface area (Å²) in [4.78, 5) is 7.35. The van der Waals surface area contributed by atoms with Crippen LogP contribution in [0.2, 0.25) is 0 Å². The molecule has 0 amide bonds.